The molecule has 0 fully saturated rings. The average Bonchev–Trinajstić information content (AvgIpc) is 1.97. The van der Waals surface area contributed by atoms with E-state index in [1.165, 1.54) is 11.8 Å². The van der Waals surface area contributed by atoms with Crippen LogP contribution in [0.1, 0.15) is 27.2 Å². The molecule has 0 amide bonds. The molecule has 14 heavy (non-hydrogen) atoms. The fraction of sp³-hybridized carbons (Fsp3) is 0.889. The Hall–Kier alpha value is -0.260. The summed E-state index contributed by atoms with van der Waals surface area (Å²) in [5, 5.41) is 17.8. The van der Waals surface area contributed by atoms with Crippen LogP contribution in [0.3, 0.4) is 0 Å². The van der Waals surface area contributed by atoms with E-state index in [-0.39, 0.29) is 10.9 Å². The lowest BCUT2D eigenvalue weighted by molar-refractivity contribution is -0.137. The zero-order valence-electron chi connectivity index (χ0n) is 8.86. The normalized spacial score (nSPS) is 16.4. The number of hydrogen-bond donors (Lipinski definition) is 3. The van der Waals surface area contributed by atoms with E-state index in [0.29, 0.717) is 12.2 Å². The van der Waals surface area contributed by atoms with Crippen molar-refractivity contribution in [2.24, 2.45) is 5.73 Å². The van der Waals surface area contributed by atoms with Crippen LogP contribution in [0.5, 0.6) is 0 Å². The van der Waals surface area contributed by atoms with E-state index >= 15 is 0 Å². The molecule has 0 saturated heterocycles. The Kier molecular flexibility index (Phi) is 5.48. The van der Waals surface area contributed by atoms with Crippen molar-refractivity contribution in [2.75, 3.05) is 5.75 Å². The number of carbonyl (C=O) groups is 1. The summed E-state index contributed by atoms with van der Waals surface area (Å²) in [5.41, 5.74) is 5.37. The molecule has 0 radical (unpaired) electrons. The smallest absolute Gasteiger partial charge is 0.321 e. The molecule has 0 spiro atoms. The highest BCUT2D eigenvalue weighted by molar-refractivity contribution is 8.00. The van der Waals surface area contributed by atoms with E-state index < -0.39 is 12.0 Å². The Morgan fingerprint density at radius 1 is 1.57 bits per heavy atom. The lowest BCUT2D eigenvalue weighted by Gasteiger charge is -2.26. The minimum absolute atomic E-state index is 0.138. The first-order chi connectivity index (χ1) is 6.24. The zero-order valence-corrected chi connectivity index (χ0v) is 9.67. The molecule has 2 atom stereocenters. The first-order valence-electron chi connectivity index (χ1n) is 4.55. The van der Waals surface area contributed by atoms with Crippen molar-refractivity contribution in [2.45, 2.75) is 44.1 Å². The summed E-state index contributed by atoms with van der Waals surface area (Å²) in [7, 11) is 0. The Morgan fingerprint density at radius 3 is 2.43 bits per heavy atom. The molecule has 0 aromatic rings. The predicted molar refractivity (Wildman–Crippen MR) is 58.4 cm³/mol. The summed E-state index contributed by atoms with van der Waals surface area (Å²) < 4.78 is -0.138. The van der Waals surface area contributed by atoms with Crippen LogP contribution < -0.4 is 5.73 Å². The summed E-state index contributed by atoms with van der Waals surface area (Å²) in [5.74, 6) is -0.611. The quantitative estimate of drug-likeness (QED) is 0.614. The van der Waals surface area contributed by atoms with Crippen molar-refractivity contribution in [1.29, 1.82) is 0 Å². The number of nitrogens with two attached hydrogens (primary N) is 1. The minimum Gasteiger partial charge on any atom is -0.480 e. The second-order valence-electron chi connectivity index (χ2n) is 4.07. The van der Waals surface area contributed by atoms with Gasteiger partial charge < -0.3 is 15.9 Å². The molecule has 4 nitrogen and oxygen atoms in total. The van der Waals surface area contributed by atoms with E-state index in [2.05, 4.69) is 0 Å². The van der Waals surface area contributed by atoms with Crippen molar-refractivity contribution < 1.29 is 15.0 Å². The molecule has 0 aromatic heterocycles. The van der Waals surface area contributed by atoms with E-state index in [1.54, 1.807) is 6.92 Å². The van der Waals surface area contributed by atoms with E-state index in [1.807, 2.05) is 13.8 Å². The van der Waals surface area contributed by atoms with Gasteiger partial charge in [0.25, 0.3) is 0 Å². The standard InChI is InChI=1S/C9H19NO3S/c1-6(11)4-9(2,3)14-5-7(10)8(12)13/h6-7,11H,4-5,10H2,1-3H3,(H,12,13)/t6-,7?/m1/s1. The molecule has 4 N–H and O–H groups in total. The molecule has 1 unspecified atom stereocenters. The third kappa shape index (κ3) is 6.23. The first-order valence-corrected chi connectivity index (χ1v) is 5.53. The van der Waals surface area contributed by atoms with Crippen LogP contribution in [-0.4, -0.2) is 38.8 Å². The van der Waals surface area contributed by atoms with Crippen LogP contribution in [-0.2, 0) is 4.79 Å². The van der Waals surface area contributed by atoms with Gasteiger partial charge in [-0.2, -0.15) is 11.8 Å². The second-order valence-corrected chi connectivity index (χ2v) is 5.80. The number of aliphatic hydroxyl groups excluding tert-OH is 1. The number of carboxylic acid groups (broad SMARTS) is 1. The number of carboxylic acids is 1. The molecule has 0 saturated carbocycles. The van der Waals surface area contributed by atoms with Gasteiger partial charge >= 0.3 is 5.97 Å². The van der Waals surface area contributed by atoms with Crippen molar-refractivity contribution in [3.63, 3.8) is 0 Å². The van der Waals surface area contributed by atoms with Crippen molar-refractivity contribution in [3.8, 4) is 0 Å². The Morgan fingerprint density at radius 2 is 2.07 bits per heavy atom. The highest BCUT2D eigenvalue weighted by Crippen LogP contribution is 2.29. The number of aliphatic hydroxyl groups is 1. The van der Waals surface area contributed by atoms with E-state index in [4.69, 9.17) is 10.8 Å². The van der Waals surface area contributed by atoms with Gasteiger partial charge in [-0.25, -0.2) is 0 Å². The number of thioether (sulfide) groups is 1. The summed E-state index contributed by atoms with van der Waals surface area (Å²) in [6, 6.07) is -0.826. The first kappa shape index (κ1) is 13.7. The fourth-order valence-electron chi connectivity index (χ4n) is 1.16. The van der Waals surface area contributed by atoms with Crippen molar-refractivity contribution >= 4 is 17.7 Å². The van der Waals surface area contributed by atoms with Crippen molar-refractivity contribution in [1.82, 2.24) is 0 Å². The van der Waals surface area contributed by atoms with Crippen LogP contribution in [0, 0.1) is 0 Å². The zero-order chi connectivity index (χ0) is 11.4. The Balaban J connectivity index is 3.92. The molecular weight excluding hydrogens is 202 g/mol. The SMILES string of the molecule is C[C@@H](O)CC(C)(C)SCC(N)C(=O)O. The van der Waals surface area contributed by atoms with Crippen LogP contribution in [0.4, 0.5) is 0 Å². The molecule has 0 aliphatic carbocycles. The van der Waals surface area contributed by atoms with Gasteiger partial charge in [-0.1, -0.05) is 13.8 Å². The van der Waals surface area contributed by atoms with Crippen molar-refractivity contribution in [3.05, 3.63) is 0 Å². The molecule has 84 valence electrons. The summed E-state index contributed by atoms with van der Waals surface area (Å²) in [4.78, 5) is 10.5. The maximum absolute atomic E-state index is 10.5. The topological polar surface area (TPSA) is 83.5 Å². The van der Waals surface area contributed by atoms with Crippen LogP contribution >= 0.6 is 11.8 Å². The van der Waals surface area contributed by atoms with Gasteiger partial charge in [-0.3, -0.25) is 4.79 Å². The third-order valence-corrected chi connectivity index (χ3v) is 3.23. The minimum atomic E-state index is -0.981. The molecule has 0 rings (SSSR count). The number of rotatable bonds is 6. The van der Waals surface area contributed by atoms with Crippen LogP contribution in [0.2, 0.25) is 0 Å². The van der Waals surface area contributed by atoms with E-state index in [9.17, 15) is 9.90 Å². The predicted octanol–water partition coefficient (Wildman–Crippen LogP) is 0.681. The lowest BCUT2D eigenvalue weighted by atomic mass is 10.1. The summed E-state index contributed by atoms with van der Waals surface area (Å²) in [6.07, 6.45) is 0.253. The molecule has 0 aliphatic rings. The van der Waals surface area contributed by atoms with Gasteiger partial charge in [0, 0.05) is 10.5 Å². The fourth-order valence-corrected chi connectivity index (χ4v) is 2.29. The molecular formula is C9H19NO3S. The van der Waals surface area contributed by atoms with Crippen LogP contribution in [0.15, 0.2) is 0 Å². The molecule has 5 heteroatoms. The molecule has 0 bridgehead atoms. The largest absolute Gasteiger partial charge is 0.480 e. The van der Waals surface area contributed by atoms with Gasteiger partial charge in [-0.15, -0.1) is 0 Å². The summed E-state index contributed by atoms with van der Waals surface area (Å²) >= 11 is 1.48. The van der Waals surface area contributed by atoms with E-state index in [0.717, 1.165) is 0 Å². The average molecular weight is 221 g/mol. The number of hydrogen-bond acceptors (Lipinski definition) is 4. The highest BCUT2D eigenvalue weighted by atomic mass is 32.2. The van der Waals surface area contributed by atoms with Gasteiger partial charge in [-0.05, 0) is 13.3 Å². The monoisotopic (exact) mass is 221 g/mol. The summed E-state index contributed by atoms with van der Waals surface area (Å²) in [6.45, 7) is 5.66. The molecule has 0 heterocycles. The molecule has 0 aliphatic heterocycles. The number of aliphatic carboxylic acids is 1. The van der Waals surface area contributed by atoms with Gasteiger partial charge in [0.2, 0.25) is 0 Å². The maximum atomic E-state index is 10.5. The Labute approximate surface area is 88.9 Å². The van der Waals surface area contributed by atoms with Crippen LogP contribution in [0.25, 0.3) is 0 Å². The highest BCUT2D eigenvalue weighted by Gasteiger charge is 2.23. The lowest BCUT2D eigenvalue weighted by Crippen LogP contribution is -2.35. The molecule has 0 aromatic carbocycles. The second kappa shape index (κ2) is 5.58. The Bertz CT molecular complexity index is 194. The maximum Gasteiger partial charge on any atom is 0.321 e. The third-order valence-electron chi connectivity index (χ3n) is 1.76. The van der Waals surface area contributed by atoms with Gasteiger partial charge in [0.1, 0.15) is 6.04 Å². The van der Waals surface area contributed by atoms with Gasteiger partial charge in [0.15, 0.2) is 0 Å². The van der Waals surface area contributed by atoms with Gasteiger partial charge in [0.05, 0.1) is 6.10 Å².